The van der Waals surface area contributed by atoms with E-state index in [1.807, 2.05) is 32.0 Å². The summed E-state index contributed by atoms with van der Waals surface area (Å²) < 4.78 is 6.91. The lowest BCUT2D eigenvalue weighted by Gasteiger charge is -2.43. The number of ether oxygens (including phenoxy) is 1. The Balaban J connectivity index is 0.00000126. The fraction of sp³-hybridized carbons (Fsp3) is 0.600. The number of hydrogen-bond acceptors (Lipinski definition) is 5. The lowest BCUT2D eigenvalue weighted by molar-refractivity contribution is -0.140. The van der Waals surface area contributed by atoms with Crippen LogP contribution in [0.5, 0.6) is 0 Å². The molecule has 8 heteroatoms. The van der Waals surface area contributed by atoms with Gasteiger partial charge in [-0.1, -0.05) is 38.3 Å². The summed E-state index contributed by atoms with van der Waals surface area (Å²) in [5, 5.41) is 0.624. The van der Waals surface area contributed by atoms with Gasteiger partial charge in [-0.2, -0.15) is 0 Å². The van der Waals surface area contributed by atoms with E-state index in [-0.39, 0.29) is 17.4 Å². The molecule has 1 saturated carbocycles. The van der Waals surface area contributed by atoms with Crippen molar-refractivity contribution < 1.29 is 9.53 Å². The zero-order valence-electron chi connectivity index (χ0n) is 20.0. The molecule has 1 aliphatic carbocycles. The normalized spacial score (nSPS) is 23.9. The van der Waals surface area contributed by atoms with Gasteiger partial charge in [0.2, 0.25) is 5.91 Å². The number of fused-ring (bicyclic) bond motifs is 3. The number of hydrogen-bond donors (Lipinski definition) is 1. The van der Waals surface area contributed by atoms with Crippen molar-refractivity contribution in [2.75, 3.05) is 26.0 Å². The quantitative estimate of drug-likeness (QED) is 0.521. The second-order valence-electron chi connectivity index (χ2n) is 9.16. The third-order valence-electron chi connectivity index (χ3n) is 7.81. The maximum atomic E-state index is 13.9. The van der Waals surface area contributed by atoms with Crippen LogP contribution in [0.2, 0.25) is 5.02 Å². The monoisotopic (exact) mass is 473 g/mol. The van der Waals surface area contributed by atoms with E-state index in [0.29, 0.717) is 29.2 Å². The summed E-state index contributed by atoms with van der Waals surface area (Å²) in [5.74, 6) is 8.43. The van der Waals surface area contributed by atoms with Crippen LogP contribution < -0.4 is 5.84 Å². The van der Waals surface area contributed by atoms with Crippen LogP contribution in [0.25, 0.3) is 11.0 Å². The summed E-state index contributed by atoms with van der Waals surface area (Å²) in [6.45, 7) is 10.1. The highest BCUT2D eigenvalue weighted by Gasteiger charge is 2.59. The first-order chi connectivity index (χ1) is 15.9. The highest BCUT2D eigenvalue weighted by atomic mass is 35.5. The predicted molar refractivity (Wildman–Crippen MR) is 132 cm³/mol. The molecule has 2 unspecified atom stereocenters. The van der Waals surface area contributed by atoms with E-state index in [4.69, 9.17) is 27.2 Å². The van der Waals surface area contributed by atoms with Crippen molar-refractivity contribution in [3.05, 3.63) is 41.5 Å². The molecular formula is C25H36ClN5O2. The number of benzene rings is 1. The Morgan fingerprint density at radius 1 is 1.27 bits per heavy atom. The number of carbonyl (C=O) groups excluding carboxylic acids is 1. The van der Waals surface area contributed by atoms with Crippen molar-refractivity contribution in [1.82, 2.24) is 19.5 Å². The molecule has 2 aromatic rings. The number of aromatic nitrogens is 2. The van der Waals surface area contributed by atoms with Gasteiger partial charge in [0.15, 0.2) is 5.88 Å². The molecule has 2 N–H and O–H groups in total. The summed E-state index contributed by atoms with van der Waals surface area (Å²) in [6, 6.07) is 5.78. The molecule has 2 saturated heterocycles. The Kier molecular flexibility index (Phi) is 6.80. The Labute approximate surface area is 201 Å². The molecule has 1 spiro atoms. The van der Waals surface area contributed by atoms with Crippen LogP contribution in [-0.4, -0.2) is 51.6 Å². The number of piperidine rings is 1. The molecule has 180 valence electrons. The summed E-state index contributed by atoms with van der Waals surface area (Å²) >= 11 is 6.15. The summed E-state index contributed by atoms with van der Waals surface area (Å²) in [6.07, 6.45) is 6.24. The fourth-order valence-corrected chi connectivity index (χ4v) is 6.33. The van der Waals surface area contributed by atoms with Crippen molar-refractivity contribution in [2.45, 2.75) is 65.0 Å². The van der Waals surface area contributed by atoms with Gasteiger partial charge in [-0.25, -0.2) is 9.66 Å². The van der Waals surface area contributed by atoms with Gasteiger partial charge in [-0.05, 0) is 56.4 Å². The van der Waals surface area contributed by atoms with Crippen LogP contribution in [0.3, 0.4) is 0 Å². The van der Waals surface area contributed by atoms with Gasteiger partial charge in [-0.15, -0.1) is 0 Å². The average molecular weight is 474 g/mol. The lowest BCUT2D eigenvalue weighted by atomic mass is 9.65. The van der Waals surface area contributed by atoms with E-state index in [9.17, 15) is 4.79 Å². The van der Waals surface area contributed by atoms with Gasteiger partial charge >= 0.3 is 0 Å². The predicted octanol–water partition coefficient (Wildman–Crippen LogP) is 4.53. The van der Waals surface area contributed by atoms with Crippen molar-refractivity contribution in [1.29, 1.82) is 0 Å². The van der Waals surface area contributed by atoms with Crippen molar-refractivity contribution >= 4 is 28.5 Å². The van der Waals surface area contributed by atoms with Gasteiger partial charge in [0, 0.05) is 24.2 Å². The number of nitrogens with zero attached hydrogens (tertiary/aromatic N) is 4. The molecule has 0 radical (unpaired) electrons. The van der Waals surface area contributed by atoms with Gasteiger partial charge in [0.05, 0.1) is 30.1 Å². The maximum Gasteiger partial charge on any atom is 0.229 e. The molecule has 0 bridgehead atoms. The smallest absolute Gasteiger partial charge is 0.229 e. The van der Waals surface area contributed by atoms with Crippen LogP contribution in [0.1, 0.15) is 58.2 Å². The molecule has 2 atom stereocenters. The van der Waals surface area contributed by atoms with Crippen LogP contribution in [-0.2, 0) is 16.1 Å². The highest BCUT2D eigenvalue weighted by Crippen LogP contribution is 2.54. The molecule has 33 heavy (non-hydrogen) atoms. The number of nitrogen functional groups attached to an aromatic ring is 1. The van der Waals surface area contributed by atoms with Gasteiger partial charge < -0.3 is 20.4 Å². The molecule has 7 nitrogen and oxygen atoms in total. The van der Waals surface area contributed by atoms with E-state index in [2.05, 4.69) is 16.4 Å². The van der Waals surface area contributed by atoms with Gasteiger partial charge in [-0.3, -0.25) is 4.79 Å². The standard InChI is InChI=1S/C23H30ClN5O2.C2H6/c1-15(31-2)27-11-9-23(10-12-27)17-5-3-4-6-19(17)28(22(23)30)14-21-26-18-8-7-16(24)13-20(18)29(21)25;1-2/h7-8,13,17,19H,1,3-6,9-12,14,25H2,2H3;1-2H3. The number of nitrogens with two attached hydrogens (primary N) is 1. The van der Waals surface area contributed by atoms with E-state index >= 15 is 0 Å². The average Bonchev–Trinajstić information content (AvgIpc) is 3.28. The van der Waals surface area contributed by atoms with Gasteiger partial charge in [0.25, 0.3) is 0 Å². The summed E-state index contributed by atoms with van der Waals surface area (Å²) in [7, 11) is 1.65. The molecule has 3 aliphatic rings. The number of amides is 1. The molecule has 1 aromatic heterocycles. The third kappa shape index (κ3) is 3.94. The number of imidazole rings is 1. The fourth-order valence-electron chi connectivity index (χ4n) is 6.16. The molecule has 1 amide bonds. The molecule has 3 heterocycles. The number of likely N-dealkylation sites (tertiary alicyclic amines) is 2. The highest BCUT2D eigenvalue weighted by molar-refractivity contribution is 6.31. The SMILES string of the molecule is C=C(OC)N1CCC2(CC1)C(=O)N(Cc1nc3ccc(Cl)cc3n1N)C1CCCCC12.CC. The maximum absolute atomic E-state index is 13.9. The van der Waals surface area contributed by atoms with E-state index in [1.165, 1.54) is 12.8 Å². The number of halogens is 1. The van der Waals surface area contributed by atoms with Crippen LogP contribution >= 0.6 is 11.6 Å². The van der Waals surface area contributed by atoms with E-state index in [0.717, 1.165) is 49.8 Å². The minimum Gasteiger partial charge on any atom is -0.483 e. The Hall–Kier alpha value is -2.41. The van der Waals surface area contributed by atoms with Crippen molar-refractivity contribution in [3.8, 4) is 0 Å². The summed E-state index contributed by atoms with van der Waals surface area (Å²) in [5.41, 5.74) is 1.30. The van der Waals surface area contributed by atoms with E-state index < -0.39 is 0 Å². The van der Waals surface area contributed by atoms with Crippen LogP contribution in [0.4, 0.5) is 0 Å². The van der Waals surface area contributed by atoms with E-state index in [1.54, 1.807) is 11.8 Å². The molecule has 5 rings (SSSR count). The molecule has 2 aliphatic heterocycles. The summed E-state index contributed by atoms with van der Waals surface area (Å²) in [4.78, 5) is 22.9. The topological polar surface area (TPSA) is 76.6 Å². The zero-order valence-corrected chi connectivity index (χ0v) is 20.8. The first-order valence-corrected chi connectivity index (χ1v) is 12.5. The Morgan fingerprint density at radius 3 is 2.67 bits per heavy atom. The Morgan fingerprint density at radius 2 is 1.97 bits per heavy atom. The van der Waals surface area contributed by atoms with Crippen molar-refractivity contribution in [3.63, 3.8) is 0 Å². The largest absolute Gasteiger partial charge is 0.483 e. The van der Waals surface area contributed by atoms with Crippen molar-refractivity contribution in [2.24, 2.45) is 11.3 Å². The minimum absolute atomic E-state index is 0.266. The van der Waals surface area contributed by atoms with Crippen LogP contribution in [0.15, 0.2) is 30.7 Å². The molecule has 3 fully saturated rings. The zero-order chi connectivity index (χ0) is 23.8. The molecular weight excluding hydrogens is 438 g/mol. The van der Waals surface area contributed by atoms with Gasteiger partial charge in [0.1, 0.15) is 5.82 Å². The third-order valence-corrected chi connectivity index (χ3v) is 8.04. The lowest BCUT2D eigenvalue weighted by Crippen LogP contribution is -2.47. The molecule has 1 aromatic carbocycles. The minimum atomic E-state index is -0.287. The number of carbonyl (C=O) groups is 1. The first kappa shape index (κ1) is 23.7. The second kappa shape index (κ2) is 9.45. The second-order valence-corrected chi connectivity index (χ2v) is 9.60. The number of rotatable bonds is 4. The number of methoxy groups -OCH3 is 1. The first-order valence-electron chi connectivity index (χ1n) is 12.2. The Bertz CT molecular complexity index is 1030. The van der Waals surface area contributed by atoms with Crippen LogP contribution in [0, 0.1) is 11.3 Å².